The Morgan fingerprint density at radius 3 is 2.36 bits per heavy atom. The molecular formula is C18H17F3N2O2. The van der Waals surface area contributed by atoms with E-state index in [4.69, 9.17) is 4.74 Å². The first-order chi connectivity index (χ1) is 11.9. The van der Waals surface area contributed by atoms with Gasteiger partial charge in [0.25, 0.3) is 0 Å². The normalized spacial score (nSPS) is 14.7. The van der Waals surface area contributed by atoms with Crippen LogP contribution in [0.4, 0.5) is 23.7 Å². The Balaban J connectivity index is 1.61. The number of carbonyl (C=O) groups excluding carboxylic acids is 1. The van der Waals surface area contributed by atoms with Gasteiger partial charge in [0, 0.05) is 12.0 Å². The maximum atomic E-state index is 13.6. The highest BCUT2D eigenvalue weighted by Crippen LogP contribution is 2.47. The van der Waals surface area contributed by atoms with Crippen molar-refractivity contribution in [3.05, 3.63) is 59.4 Å². The number of urea groups is 1. The summed E-state index contributed by atoms with van der Waals surface area (Å²) in [6, 6.07) is 8.65. The van der Waals surface area contributed by atoms with Gasteiger partial charge in [0.05, 0.1) is 12.8 Å². The Morgan fingerprint density at radius 1 is 1.08 bits per heavy atom. The maximum Gasteiger partial charge on any atom is 0.319 e. The molecule has 2 aromatic rings. The molecule has 0 saturated heterocycles. The zero-order valence-electron chi connectivity index (χ0n) is 13.5. The molecule has 0 heterocycles. The van der Waals surface area contributed by atoms with Gasteiger partial charge in [0.15, 0.2) is 17.5 Å². The molecule has 7 heteroatoms. The van der Waals surface area contributed by atoms with E-state index in [0.717, 1.165) is 36.3 Å². The molecule has 2 aromatic carbocycles. The predicted molar refractivity (Wildman–Crippen MR) is 87.2 cm³/mol. The number of carbonyl (C=O) groups is 1. The van der Waals surface area contributed by atoms with Gasteiger partial charge >= 0.3 is 6.03 Å². The van der Waals surface area contributed by atoms with E-state index in [2.05, 4.69) is 10.6 Å². The number of hydrogen-bond donors (Lipinski definition) is 2. The van der Waals surface area contributed by atoms with Gasteiger partial charge in [-0.2, -0.15) is 0 Å². The Labute approximate surface area is 143 Å². The van der Waals surface area contributed by atoms with Crippen molar-refractivity contribution in [2.24, 2.45) is 0 Å². The zero-order chi connectivity index (χ0) is 18.0. The standard InChI is InChI=1S/C18H17F3N2O2/c1-25-12-4-2-11(3-5-12)18(8-9-18)10-22-17(24)23-14-7-6-13(19)15(20)16(14)21/h2-7H,8-10H2,1H3,(H2,22,23,24). The number of anilines is 1. The lowest BCUT2D eigenvalue weighted by atomic mass is 9.96. The van der Waals surface area contributed by atoms with Crippen molar-refractivity contribution < 1.29 is 22.7 Å². The molecule has 0 radical (unpaired) electrons. The van der Waals surface area contributed by atoms with E-state index in [-0.39, 0.29) is 5.41 Å². The minimum Gasteiger partial charge on any atom is -0.497 e. The summed E-state index contributed by atoms with van der Waals surface area (Å²) < 4.78 is 44.8. The minimum absolute atomic E-state index is 0.157. The molecule has 2 N–H and O–H groups in total. The first-order valence-electron chi connectivity index (χ1n) is 7.78. The third kappa shape index (κ3) is 3.55. The van der Waals surface area contributed by atoms with E-state index < -0.39 is 29.2 Å². The van der Waals surface area contributed by atoms with E-state index in [9.17, 15) is 18.0 Å². The van der Waals surface area contributed by atoms with Gasteiger partial charge in [-0.15, -0.1) is 0 Å². The number of nitrogens with one attached hydrogen (secondary N) is 2. The van der Waals surface area contributed by atoms with Crippen LogP contribution in [0, 0.1) is 17.5 Å². The van der Waals surface area contributed by atoms with E-state index in [1.807, 2.05) is 24.3 Å². The van der Waals surface area contributed by atoms with Gasteiger partial charge in [0.1, 0.15) is 5.75 Å². The zero-order valence-corrected chi connectivity index (χ0v) is 13.5. The fourth-order valence-electron chi connectivity index (χ4n) is 2.70. The Morgan fingerprint density at radius 2 is 1.76 bits per heavy atom. The molecule has 0 bridgehead atoms. The van der Waals surface area contributed by atoms with Crippen LogP contribution in [-0.2, 0) is 5.41 Å². The summed E-state index contributed by atoms with van der Waals surface area (Å²) in [5.41, 5.74) is 0.509. The molecule has 0 atom stereocenters. The summed E-state index contributed by atoms with van der Waals surface area (Å²) in [7, 11) is 1.59. The van der Waals surface area contributed by atoms with Crippen molar-refractivity contribution in [2.75, 3.05) is 19.0 Å². The number of ether oxygens (including phenoxy) is 1. The molecule has 1 aliphatic carbocycles. The monoisotopic (exact) mass is 350 g/mol. The molecule has 25 heavy (non-hydrogen) atoms. The van der Waals surface area contributed by atoms with Crippen LogP contribution in [0.1, 0.15) is 18.4 Å². The van der Waals surface area contributed by atoms with Crippen LogP contribution in [-0.4, -0.2) is 19.7 Å². The largest absolute Gasteiger partial charge is 0.497 e. The molecule has 1 saturated carbocycles. The van der Waals surface area contributed by atoms with Crippen LogP contribution in [0.25, 0.3) is 0 Å². The summed E-state index contributed by atoms with van der Waals surface area (Å²) in [6.07, 6.45) is 1.83. The first-order valence-corrected chi connectivity index (χ1v) is 7.78. The summed E-state index contributed by atoms with van der Waals surface area (Å²) in [6.45, 7) is 0.358. The number of methoxy groups -OCH3 is 1. The van der Waals surface area contributed by atoms with Crippen molar-refractivity contribution in [1.29, 1.82) is 0 Å². The van der Waals surface area contributed by atoms with Gasteiger partial charge in [0.2, 0.25) is 0 Å². The minimum atomic E-state index is -1.62. The van der Waals surface area contributed by atoms with Crippen LogP contribution in [0.3, 0.4) is 0 Å². The van der Waals surface area contributed by atoms with Crippen LogP contribution >= 0.6 is 0 Å². The van der Waals surface area contributed by atoms with Crippen LogP contribution < -0.4 is 15.4 Å². The highest BCUT2D eigenvalue weighted by Gasteiger charge is 2.44. The fraction of sp³-hybridized carbons (Fsp3) is 0.278. The maximum absolute atomic E-state index is 13.6. The molecule has 0 aromatic heterocycles. The first kappa shape index (κ1) is 17.1. The molecule has 4 nitrogen and oxygen atoms in total. The van der Waals surface area contributed by atoms with E-state index in [1.165, 1.54) is 0 Å². The average molecular weight is 350 g/mol. The topological polar surface area (TPSA) is 50.4 Å². The number of hydrogen-bond acceptors (Lipinski definition) is 2. The molecular weight excluding hydrogens is 333 g/mol. The summed E-state index contributed by atoms with van der Waals surface area (Å²) >= 11 is 0. The highest BCUT2D eigenvalue weighted by molar-refractivity contribution is 5.89. The van der Waals surface area contributed by atoms with Crippen LogP contribution in [0.2, 0.25) is 0 Å². The predicted octanol–water partition coefficient (Wildman–Crippen LogP) is 3.97. The Kier molecular flexibility index (Phi) is 4.57. The van der Waals surface area contributed by atoms with Crippen LogP contribution in [0.15, 0.2) is 36.4 Å². The number of halogens is 3. The van der Waals surface area contributed by atoms with Gasteiger partial charge in [-0.25, -0.2) is 18.0 Å². The number of rotatable bonds is 5. The van der Waals surface area contributed by atoms with Crippen molar-refractivity contribution in [2.45, 2.75) is 18.3 Å². The summed E-state index contributed by atoms with van der Waals surface area (Å²) in [5.74, 6) is -3.60. The fourth-order valence-corrected chi connectivity index (χ4v) is 2.70. The van der Waals surface area contributed by atoms with Gasteiger partial charge in [-0.3, -0.25) is 0 Å². The molecule has 1 aliphatic rings. The molecule has 0 aliphatic heterocycles. The summed E-state index contributed by atoms with van der Waals surface area (Å²) in [4.78, 5) is 11.9. The molecule has 0 unspecified atom stereocenters. The molecule has 3 rings (SSSR count). The third-order valence-corrected chi connectivity index (χ3v) is 4.43. The van der Waals surface area contributed by atoms with Crippen molar-refractivity contribution in [1.82, 2.24) is 5.32 Å². The Hall–Kier alpha value is -2.70. The molecule has 132 valence electrons. The number of amides is 2. The van der Waals surface area contributed by atoms with Crippen LogP contribution in [0.5, 0.6) is 5.75 Å². The van der Waals surface area contributed by atoms with Gasteiger partial charge < -0.3 is 15.4 Å². The molecule has 0 spiro atoms. The van der Waals surface area contributed by atoms with E-state index in [0.29, 0.717) is 6.54 Å². The van der Waals surface area contributed by atoms with Gasteiger partial charge in [-0.1, -0.05) is 12.1 Å². The van der Waals surface area contributed by atoms with Gasteiger partial charge in [-0.05, 0) is 42.7 Å². The molecule has 1 fully saturated rings. The lowest BCUT2D eigenvalue weighted by Gasteiger charge is -2.17. The lowest BCUT2D eigenvalue weighted by Crippen LogP contribution is -2.35. The van der Waals surface area contributed by atoms with E-state index in [1.54, 1.807) is 7.11 Å². The van der Waals surface area contributed by atoms with Crippen molar-refractivity contribution in [3.8, 4) is 5.75 Å². The van der Waals surface area contributed by atoms with Crippen molar-refractivity contribution >= 4 is 11.7 Å². The third-order valence-electron chi connectivity index (χ3n) is 4.43. The summed E-state index contributed by atoms with van der Waals surface area (Å²) in [5, 5.41) is 4.85. The smallest absolute Gasteiger partial charge is 0.319 e. The SMILES string of the molecule is COc1ccc(C2(CNC(=O)Nc3ccc(F)c(F)c3F)CC2)cc1. The lowest BCUT2D eigenvalue weighted by molar-refractivity contribution is 0.251. The second kappa shape index (κ2) is 6.66. The van der Waals surface area contributed by atoms with Crippen molar-refractivity contribution in [3.63, 3.8) is 0 Å². The Bertz CT molecular complexity index is 790. The number of benzene rings is 2. The highest BCUT2D eigenvalue weighted by atomic mass is 19.2. The second-order valence-corrected chi connectivity index (χ2v) is 6.04. The quantitative estimate of drug-likeness (QED) is 0.802. The van der Waals surface area contributed by atoms with E-state index >= 15 is 0 Å². The molecule has 2 amide bonds. The second-order valence-electron chi connectivity index (χ2n) is 6.04. The average Bonchev–Trinajstić information content (AvgIpc) is 3.42.